The Labute approximate surface area is 176 Å². The second-order valence-corrected chi connectivity index (χ2v) is 8.06. The van der Waals surface area contributed by atoms with E-state index in [4.69, 9.17) is 9.52 Å². The molecule has 1 aromatic heterocycles. The molecule has 3 rings (SSSR count). The third-order valence-electron chi connectivity index (χ3n) is 4.51. The molecule has 2 aromatic carbocycles. The number of carboxylic acids is 1. The summed E-state index contributed by atoms with van der Waals surface area (Å²) in [5.41, 5.74) is 1.25. The number of rotatable bonds is 7. The third kappa shape index (κ3) is 5.44. The van der Waals surface area contributed by atoms with Gasteiger partial charge in [0, 0.05) is 22.1 Å². The molecule has 0 saturated heterocycles. The standard InChI is InChI=1S/C22H20F3NO3S/c1-13(12-30-18-5-3-4-15(10-18)11-19(27)28)20-14(2)29-21(26-20)16-6-8-17(9-7-16)22(23,24)25/h3-10,13H,11-12H2,1-2H3,(H,27,28). The van der Waals surface area contributed by atoms with Crippen molar-refractivity contribution >= 4 is 17.7 Å². The maximum atomic E-state index is 12.7. The molecule has 1 N–H and O–H groups in total. The summed E-state index contributed by atoms with van der Waals surface area (Å²) in [7, 11) is 0. The molecule has 1 heterocycles. The number of carbonyl (C=O) groups is 1. The van der Waals surface area contributed by atoms with Crippen molar-refractivity contribution in [3.05, 3.63) is 71.1 Å². The van der Waals surface area contributed by atoms with Crippen LogP contribution in [0.15, 0.2) is 57.8 Å². The summed E-state index contributed by atoms with van der Waals surface area (Å²) in [4.78, 5) is 16.3. The number of carboxylic acid groups (broad SMARTS) is 1. The Morgan fingerprint density at radius 1 is 1.20 bits per heavy atom. The maximum absolute atomic E-state index is 12.7. The molecule has 0 aliphatic heterocycles. The lowest BCUT2D eigenvalue weighted by atomic mass is 10.1. The summed E-state index contributed by atoms with van der Waals surface area (Å²) < 4.78 is 43.9. The van der Waals surface area contributed by atoms with Crippen molar-refractivity contribution in [2.45, 2.75) is 37.3 Å². The minimum absolute atomic E-state index is 0.0250. The zero-order chi connectivity index (χ0) is 21.9. The van der Waals surface area contributed by atoms with Crippen molar-refractivity contribution in [3.8, 4) is 11.5 Å². The molecule has 0 saturated carbocycles. The number of oxazole rings is 1. The van der Waals surface area contributed by atoms with Gasteiger partial charge in [-0.25, -0.2) is 4.98 Å². The quantitative estimate of drug-likeness (QED) is 0.448. The molecule has 4 nitrogen and oxygen atoms in total. The van der Waals surface area contributed by atoms with Crippen molar-refractivity contribution in [1.82, 2.24) is 4.98 Å². The number of alkyl halides is 3. The van der Waals surface area contributed by atoms with Gasteiger partial charge in [0.05, 0.1) is 17.7 Å². The normalized spacial score (nSPS) is 12.7. The molecule has 0 spiro atoms. The van der Waals surface area contributed by atoms with Gasteiger partial charge in [0.1, 0.15) is 5.76 Å². The van der Waals surface area contributed by atoms with Gasteiger partial charge in [-0.2, -0.15) is 13.2 Å². The highest BCUT2D eigenvalue weighted by molar-refractivity contribution is 7.99. The van der Waals surface area contributed by atoms with Crippen LogP contribution in [-0.2, 0) is 17.4 Å². The minimum atomic E-state index is -4.39. The molecule has 0 bridgehead atoms. The van der Waals surface area contributed by atoms with Gasteiger partial charge in [-0.15, -0.1) is 11.8 Å². The van der Waals surface area contributed by atoms with E-state index in [1.807, 2.05) is 25.1 Å². The lowest BCUT2D eigenvalue weighted by Crippen LogP contribution is -2.04. The van der Waals surface area contributed by atoms with Crippen molar-refractivity contribution < 1.29 is 27.5 Å². The van der Waals surface area contributed by atoms with Crippen LogP contribution in [0.4, 0.5) is 13.2 Å². The minimum Gasteiger partial charge on any atom is -0.481 e. The number of benzene rings is 2. The van der Waals surface area contributed by atoms with Gasteiger partial charge in [-0.05, 0) is 48.9 Å². The van der Waals surface area contributed by atoms with Crippen LogP contribution in [0.5, 0.6) is 0 Å². The summed E-state index contributed by atoms with van der Waals surface area (Å²) in [5.74, 6) is 0.759. The van der Waals surface area contributed by atoms with Crippen LogP contribution in [0.3, 0.4) is 0 Å². The molecule has 1 unspecified atom stereocenters. The number of thioether (sulfide) groups is 1. The first-order chi connectivity index (χ1) is 14.1. The molecule has 0 aliphatic rings. The molecule has 3 aromatic rings. The summed E-state index contributed by atoms with van der Waals surface area (Å²) >= 11 is 1.58. The van der Waals surface area contributed by atoms with E-state index in [0.29, 0.717) is 17.1 Å². The summed E-state index contributed by atoms with van der Waals surface area (Å²) in [6, 6.07) is 12.1. The second kappa shape index (κ2) is 8.95. The number of nitrogens with zero attached hydrogens (tertiary/aromatic N) is 1. The predicted octanol–water partition coefficient (Wildman–Crippen LogP) is 6.19. The lowest BCUT2D eigenvalue weighted by Gasteiger charge is -2.09. The Hall–Kier alpha value is -2.74. The number of aryl methyl sites for hydroxylation is 1. The maximum Gasteiger partial charge on any atom is 0.416 e. The van der Waals surface area contributed by atoms with Gasteiger partial charge in [-0.3, -0.25) is 4.79 Å². The number of hydrogen-bond acceptors (Lipinski definition) is 4. The Morgan fingerprint density at radius 3 is 2.53 bits per heavy atom. The number of aliphatic carboxylic acids is 1. The molecule has 1 atom stereocenters. The Bertz CT molecular complexity index is 1030. The van der Waals surface area contributed by atoms with Gasteiger partial charge in [0.25, 0.3) is 0 Å². The molecule has 0 radical (unpaired) electrons. The zero-order valence-electron chi connectivity index (χ0n) is 16.4. The molecule has 158 valence electrons. The monoisotopic (exact) mass is 435 g/mol. The van der Waals surface area contributed by atoms with Gasteiger partial charge >= 0.3 is 12.1 Å². The molecular formula is C22H20F3NO3S. The third-order valence-corrected chi connectivity index (χ3v) is 5.77. The number of aromatic nitrogens is 1. The highest BCUT2D eigenvalue weighted by Gasteiger charge is 2.30. The average molecular weight is 435 g/mol. The van der Waals surface area contributed by atoms with Gasteiger partial charge in [-0.1, -0.05) is 19.1 Å². The highest BCUT2D eigenvalue weighted by Crippen LogP contribution is 2.33. The Kier molecular flexibility index (Phi) is 6.55. The van der Waals surface area contributed by atoms with Gasteiger partial charge in [0.15, 0.2) is 0 Å². The van der Waals surface area contributed by atoms with E-state index < -0.39 is 17.7 Å². The van der Waals surface area contributed by atoms with Crippen LogP contribution in [0, 0.1) is 6.92 Å². The van der Waals surface area contributed by atoms with E-state index in [0.717, 1.165) is 28.3 Å². The first-order valence-corrected chi connectivity index (χ1v) is 10.2. The lowest BCUT2D eigenvalue weighted by molar-refractivity contribution is -0.138. The Balaban J connectivity index is 1.70. The van der Waals surface area contributed by atoms with E-state index in [2.05, 4.69) is 4.98 Å². The van der Waals surface area contributed by atoms with Crippen LogP contribution in [0.2, 0.25) is 0 Å². The molecule has 0 amide bonds. The predicted molar refractivity (Wildman–Crippen MR) is 109 cm³/mol. The Morgan fingerprint density at radius 2 is 1.90 bits per heavy atom. The van der Waals surface area contributed by atoms with Crippen LogP contribution in [0.1, 0.15) is 35.4 Å². The smallest absolute Gasteiger partial charge is 0.416 e. The topological polar surface area (TPSA) is 63.3 Å². The van der Waals surface area contributed by atoms with Crippen molar-refractivity contribution in [2.75, 3.05) is 5.75 Å². The highest BCUT2D eigenvalue weighted by atomic mass is 32.2. The van der Waals surface area contributed by atoms with Crippen molar-refractivity contribution in [1.29, 1.82) is 0 Å². The largest absolute Gasteiger partial charge is 0.481 e. The average Bonchev–Trinajstić information content (AvgIpc) is 3.07. The number of hydrogen-bond donors (Lipinski definition) is 1. The molecule has 30 heavy (non-hydrogen) atoms. The van der Waals surface area contributed by atoms with E-state index in [9.17, 15) is 18.0 Å². The first-order valence-electron chi connectivity index (χ1n) is 9.22. The van der Waals surface area contributed by atoms with Crippen LogP contribution >= 0.6 is 11.8 Å². The SMILES string of the molecule is Cc1oc(-c2ccc(C(F)(F)F)cc2)nc1C(C)CSc1cccc(CC(=O)O)c1. The van der Waals surface area contributed by atoms with Crippen molar-refractivity contribution in [2.24, 2.45) is 0 Å². The molecule has 0 aliphatic carbocycles. The molecule has 8 heteroatoms. The van der Waals surface area contributed by atoms with E-state index in [-0.39, 0.29) is 18.2 Å². The molecule has 0 fully saturated rings. The van der Waals surface area contributed by atoms with E-state index in [1.165, 1.54) is 12.1 Å². The van der Waals surface area contributed by atoms with E-state index >= 15 is 0 Å². The van der Waals surface area contributed by atoms with E-state index in [1.54, 1.807) is 24.8 Å². The van der Waals surface area contributed by atoms with Crippen LogP contribution < -0.4 is 0 Å². The van der Waals surface area contributed by atoms with Gasteiger partial charge < -0.3 is 9.52 Å². The number of halogens is 3. The van der Waals surface area contributed by atoms with Crippen LogP contribution in [0.25, 0.3) is 11.5 Å². The zero-order valence-corrected chi connectivity index (χ0v) is 17.2. The van der Waals surface area contributed by atoms with Crippen molar-refractivity contribution in [3.63, 3.8) is 0 Å². The first kappa shape index (κ1) is 22.0. The van der Waals surface area contributed by atoms with Gasteiger partial charge in [0.2, 0.25) is 5.89 Å². The van der Waals surface area contributed by atoms with Crippen LogP contribution in [-0.4, -0.2) is 21.8 Å². The fourth-order valence-electron chi connectivity index (χ4n) is 3.01. The molecular weight excluding hydrogens is 415 g/mol. The fourth-order valence-corrected chi connectivity index (χ4v) is 4.02. The second-order valence-electron chi connectivity index (χ2n) is 6.97. The summed E-state index contributed by atoms with van der Waals surface area (Å²) in [6.07, 6.45) is -4.41. The fraction of sp³-hybridized carbons (Fsp3) is 0.273. The summed E-state index contributed by atoms with van der Waals surface area (Å²) in [6.45, 7) is 3.78. The summed E-state index contributed by atoms with van der Waals surface area (Å²) in [5, 5.41) is 8.93.